The first kappa shape index (κ1) is 18.5. The number of carbonyl (C=O) groups excluding carboxylic acids is 1. The molecule has 3 aromatic rings. The highest BCUT2D eigenvalue weighted by molar-refractivity contribution is 5.94. The molecule has 1 aromatic heterocycles. The normalized spacial score (nSPS) is 10.5. The van der Waals surface area contributed by atoms with E-state index in [0.717, 1.165) is 17.7 Å². The minimum atomic E-state index is -0.0287. The van der Waals surface area contributed by atoms with Crippen LogP contribution in [0.3, 0.4) is 0 Å². The van der Waals surface area contributed by atoms with Gasteiger partial charge in [0.15, 0.2) is 11.5 Å². The quantitative estimate of drug-likeness (QED) is 0.645. The lowest BCUT2D eigenvalue weighted by Gasteiger charge is -2.18. The molecule has 1 heterocycles. The Morgan fingerprint density at radius 1 is 1.04 bits per heavy atom. The second-order valence-corrected chi connectivity index (χ2v) is 6.28. The molecule has 0 bridgehead atoms. The van der Waals surface area contributed by atoms with Crippen molar-refractivity contribution in [3.05, 3.63) is 77.9 Å². The topological polar surface area (TPSA) is 56.6 Å². The average Bonchev–Trinajstić information content (AvgIpc) is 3.21. The minimum absolute atomic E-state index is 0.0287. The van der Waals surface area contributed by atoms with Crippen molar-refractivity contribution in [1.82, 2.24) is 14.5 Å². The molecule has 27 heavy (non-hydrogen) atoms. The van der Waals surface area contributed by atoms with E-state index in [1.165, 1.54) is 0 Å². The number of benzene rings is 2. The van der Waals surface area contributed by atoms with Crippen molar-refractivity contribution in [2.24, 2.45) is 0 Å². The first-order chi connectivity index (χ1) is 13.1. The van der Waals surface area contributed by atoms with Gasteiger partial charge in [-0.2, -0.15) is 0 Å². The van der Waals surface area contributed by atoms with Crippen LogP contribution in [0.5, 0.6) is 11.5 Å². The fourth-order valence-electron chi connectivity index (χ4n) is 2.89. The third-order valence-corrected chi connectivity index (χ3v) is 4.34. The van der Waals surface area contributed by atoms with E-state index in [1.54, 1.807) is 38.7 Å². The van der Waals surface area contributed by atoms with Gasteiger partial charge in [0.25, 0.3) is 5.91 Å². The second kappa shape index (κ2) is 8.40. The molecule has 0 aliphatic heterocycles. The highest BCUT2D eigenvalue weighted by atomic mass is 16.5. The predicted octanol–water partition coefficient (Wildman–Crippen LogP) is 3.22. The van der Waals surface area contributed by atoms with Gasteiger partial charge in [0.1, 0.15) is 0 Å². The fraction of sp³-hybridized carbons (Fsp3) is 0.238. The molecule has 0 saturated carbocycles. The van der Waals surface area contributed by atoms with Gasteiger partial charge < -0.3 is 18.9 Å². The number of hydrogen-bond acceptors (Lipinski definition) is 4. The van der Waals surface area contributed by atoms with E-state index >= 15 is 0 Å². The third kappa shape index (κ3) is 4.47. The third-order valence-electron chi connectivity index (χ3n) is 4.34. The van der Waals surface area contributed by atoms with Crippen LogP contribution in [0, 0.1) is 0 Å². The summed E-state index contributed by atoms with van der Waals surface area (Å²) in [6.07, 6.45) is 5.44. The highest BCUT2D eigenvalue weighted by Crippen LogP contribution is 2.28. The Labute approximate surface area is 159 Å². The zero-order chi connectivity index (χ0) is 19.2. The maximum absolute atomic E-state index is 12.7. The van der Waals surface area contributed by atoms with Crippen LogP contribution in [0.15, 0.2) is 61.2 Å². The molecule has 0 radical (unpaired) electrons. The van der Waals surface area contributed by atoms with Crippen LogP contribution >= 0.6 is 0 Å². The molecular formula is C21H23N3O3. The number of rotatable bonds is 7. The molecule has 0 atom stereocenters. The Balaban J connectivity index is 1.66. The summed E-state index contributed by atoms with van der Waals surface area (Å²) in [5.74, 6) is 1.29. The number of carbonyl (C=O) groups is 1. The van der Waals surface area contributed by atoms with E-state index in [0.29, 0.717) is 23.6 Å². The van der Waals surface area contributed by atoms with Crippen LogP contribution in [0.2, 0.25) is 0 Å². The summed E-state index contributed by atoms with van der Waals surface area (Å²) in [6.45, 7) is 1.21. The summed E-state index contributed by atoms with van der Waals surface area (Å²) >= 11 is 0. The smallest absolute Gasteiger partial charge is 0.253 e. The summed E-state index contributed by atoms with van der Waals surface area (Å²) < 4.78 is 12.6. The molecule has 0 N–H and O–H groups in total. The standard InChI is InChI=1S/C21H23N3O3/c1-23(13-17-6-9-19(26-2)20(12-17)27-3)21(25)18-7-4-16(5-8-18)14-24-11-10-22-15-24/h4-12,15H,13-14H2,1-3H3. The van der Waals surface area contributed by atoms with Crippen LogP contribution < -0.4 is 9.47 Å². The van der Waals surface area contributed by atoms with Gasteiger partial charge in [0.05, 0.1) is 20.5 Å². The number of amides is 1. The van der Waals surface area contributed by atoms with Crippen molar-refractivity contribution < 1.29 is 14.3 Å². The molecule has 0 fully saturated rings. The van der Waals surface area contributed by atoms with Crippen molar-refractivity contribution in [1.29, 1.82) is 0 Å². The molecule has 0 aliphatic carbocycles. The van der Waals surface area contributed by atoms with Gasteiger partial charge in [-0.1, -0.05) is 18.2 Å². The molecule has 1 amide bonds. The van der Waals surface area contributed by atoms with Crippen molar-refractivity contribution in [3.8, 4) is 11.5 Å². The summed E-state index contributed by atoms with van der Waals surface area (Å²) in [7, 11) is 4.99. The molecule has 2 aromatic carbocycles. The van der Waals surface area contributed by atoms with E-state index in [1.807, 2.05) is 53.2 Å². The first-order valence-electron chi connectivity index (χ1n) is 8.61. The molecule has 140 valence electrons. The van der Waals surface area contributed by atoms with Crippen LogP contribution in [0.25, 0.3) is 0 Å². The van der Waals surface area contributed by atoms with Crippen molar-refractivity contribution in [2.45, 2.75) is 13.1 Å². The lowest BCUT2D eigenvalue weighted by molar-refractivity contribution is 0.0785. The Bertz CT molecular complexity index is 890. The summed E-state index contributed by atoms with van der Waals surface area (Å²) in [5.41, 5.74) is 2.75. The van der Waals surface area contributed by atoms with Crippen molar-refractivity contribution >= 4 is 5.91 Å². The number of methoxy groups -OCH3 is 2. The molecule has 6 heteroatoms. The van der Waals surface area contributed by atoms with Gasteiger partial charge in [0, 0.05) is 38.1 Å². The summed E-state index contributed by atoms with van der Waals surface area (Å²) in [5, 5.41) is 0. The number of imidazole rings is 1. The summed E-state index contributed by atoms with van der Waals surface area (Å²) in [6, 6.07) is 13.3. The van der Waals surface area contributed by atoms with Gasteiger partial charge in [-0.25, -0.2) is 4.98 Å². The number of nitrogens with zero attached hydrogens (tertiary/aromatic N) is 3. The van der Waals surface area contributed by atoms with Gasteiger partial charge >= 0.3 is 0 Å². The maximum Gasteiger partial charge on any atom is 0.253 e. The fourth-order valence-corrected chi connectivity index (χ4v) is 2.89. The van der Waals surface area contributed by atoms with Gasteiger partial charge in [-0.05, 0) is 35.4 Å². The molecule has 6 nitrogen and oxygen atoms in total. The molecule has 0 spiro atoms. The number of ether oxygens (including phenoxy) is 2. The molecule has 0 unspecified atom stereocenters. The largest absolute Gasteiger partial charge is 0.493 e. The van der Waals surface area contributed by atoms with E-state index < -0.39 is 0 Å². The highest BCUT2D eigenvalue weighted by Gasteiger charge is 2.13. The van der Waals surface area contributed by atoms with Crippen molar-refractivity contribution in [2.75, 3.05) is 21.3 Å². The Kier molecular flexibility index (Phi) is 5.76. The molecule has 0 aliphatic rings. The van der Waals surface area contributed by atoms with Gasteiger partial charge in [-0.15, -0.1) is 0 Å². The van der Waals surface area contributed by atoms with Crippen LogP contribution in [0.4, 0.5) is 0 Å². The minimum Gasteiger partial charge on any atom is -0.493 e. The second-order valence-electron chi connectivity index (χ2n) is 6.28. The average molecular weight is 365 g/mol. The first-order valence-corrected chi connectivity index (χ1v) is 8.61. The van der Waals surface area contributed by atoms with E-state index in [4.69, 9.17) is 9.47 Å². The van der Waals surface area contributed by atoms with Crippen LogP contribution in [-0.2, 0) is 13.1 Å². The zero-order valence-corrected chi connectivity index (χ0v) is 15.8. The molecule has 3 rings (SSSR count). The maximum atomic E-state index is 12.7. The van der Waals surface area contributed by atoms with E-state index in [2.05, 4.69) is 4.98 Å². The molecule has 0 saturated heterocycles. The number of hydrogen-bond donors (Lipinski definition) is 0. The van der Waals surface area contributed by atoms with Crippen molar-refractivity contribution in [3.63, 3.8) is 0 Å². The summed E-state index contributed by atoms with van der Waals surface area (Å²) in [4.78, 5) is 18.4. The zero-order valence-electron chi connectivity index (χ0n) is 15.8. The Morgan fingerprint density at radius 2 is 1.74 bits per heavy atom. The monoisotopic (exact) mass is 365 g/mol. The lowest BCUT2D eigenvalue weighted by Crippen LogP contribution is -2.26. The predicted molar refractivity (Wildman–Crippen MR) is 103 cm³/mol. The number of aromatic nitrogens is 2. The van der Waals surface area contributed by atoms with E-state index in [-0.39, 0.29) is 5.91 Å². The van der Waals surface area contributed by atoms with Crippen LogP contribution in [-0.4, -0.2) is 41.6 Å². The van der Waals surface area contributed by atoms with Crippen LogP contribution in [0.1, 0.15) is 21.5 Å². The van der Waals surface area contributed by atoms with Gasteiger partial charge in [-0.3, -0.25) is 4.79 Å². The SMILES string of the molecule is COc1ccc(CN(C)C(=O)c2ccc(Cn3ccnc3)cc2)cc1OC. The Morgan fingerprint density at radius 3 is 2.37 bits per heavy atom. The molecular weight excluding hydrogens is 342 g/mol. The lowest BCUT2D eigenvalue weighted by atomic mass is 10.1. The van der Waals surface area contributed by atoms with Gasteiger partial charge in [0.2, 0.25) is 0 Å². The Hall–Kier alpha value is -3.28. The van der Waals surface area contributed by atoms with E-state index in [9.17, 15) is 4.79 Å².